The molecule has 0 aliphatic heterocycles. The first kappa shape index (κ1) is 13.1. The van der Waals surface area contributed by atoms with Crippen molar-refractivity contribution in [2.75, 3.05) is 13.7 Å². The molecule has 2 atom stereocenters. The van der Waals surface area contributed by atoms with Crippen LogP contribution in [0.4, 0.5) is 0 Å². The van der Waals surface area contributed by atoms with E-state index in [4.69, 9.17) is 4.74 Å². The first-order valence-corrected chi connectivity index (χ1v) is 7.59. The van der Waals surface area contributed by atoms with E-state index in [2.05, 4.69) is 36.1 Å². The van der Waals surface area contributed by atoms with Gasteiger partial charge in [0.25, 0.3) is 0 Å². The molecule has 2 nitrogen and oxygen atoms in total. The lowest BCUT2D eigenvalue weighted by Gasteiger charge is -2.26. The lowest BCUT2D eigenvalue weighted by Crippen LogP contribution is -2.41. The van der Waals surface area contributed by atoms with Crippen LogP contribution in [0.1, 0.15) is 31.7 Å². The highest BCUT2D eigenvalue weighted by atomic mass is 32.1. The van der Waals surface area contributed by atoms with E-state index in [1.54, 1.807) is 11.3 Å². The molecule has 1 aliphatic rings. The van der Waals surface area contributed by atoms with Crippen LogP contribution in [0, 0.1) is 5.92 Å². The Kier molecular flexibility index (Phi) is 5.01. The molecule has 1 aromatic heterocycles. The van der Waals surface area contributed by atoms with Crippen molar-refractivity contribution >= 4 is 11.3 Å². The fourth-order valence-corrected chi connectivity index (χ4v) is 3.13. The zero-order valence-electron chi connectivity index (χ0n) is 10.8. The third-order valence-corrected chi connectivity index (χ3v) is 4.27. The van der Waals surface area contributed by atoms with Crippen LogP contribution in [-0.4, -0.2) is 25.8 Å². The monoisotopic (exact) mass is 253 g/mol. The average molecular weight is 253 g/mol. The van der Waals surface area contributed by atoms with Crippen molar-refractivity contribution in [3.8, 4) is 0 Å². The molecule has 3 heteroatoms. The molecule has 17 heavy (non-hydrogen) atoms. The molecule has 0 radical (unpaired) electrons. The van der Waals surface area contributed by atoms with E-state index in [0.29, 0.717) is 12.1 Å². The summed E-state index contributed by atoms with van der Waals surface area (Å²) in [4.78, 5) is 0. The minimum Gasteiger partial charge on any atom is -0.377 e. The largest absolute Gasteiger partial charge is 0.377 e. The normalized spacial score (nSPS) is 19.2. The van der Waals surface area contributed by atoms with Crippen LogP contribution in [0.5, 0.6) is 0 Å². The zero-order valence-corrected chi connectivity index (χ0v) is 11.6. The maximum atomic E-state index is 5.93. The molecule has 1 aromatic rings. The highest BCUT2D eigenvalue weighted by Gasteiger charge is 2.36. The number of ether oxygens (including phenoxy) is 1. The van der Waals surface area contributed by atoms with Gasteiger partial charge in [-0.05, 0) is 68.0 Å². The Hall–Kier alpha value is -0.380. The van der Waals surface area contributed by atoms with Crippen molar-refractivity contribution in [3.05, 3.63) is 22.4 Å². The maximum absolute atomic E-state index is 5.93. The second-order valence-corrected chi connectivity index (χ2v) is 5.60. The molecule has 1 saturated carbocycles. The van der Waals surface area contributed by atoms with Gasteiger partial charge in [0.2, 0.25) is 0 Å². The van der Waals surface area contributed by atoms with Crippen LogP contribution in [-0.2, 0) is 11.2 Å². The summed E-state index contributed by atoms with van der Waals surface area (Å²) in [5.41, 5.74) is 1.46. The van der Waals surface area contributed by atoms with Gasteiger partial charge in [-0.1, -0.05) is 0 Å². The van der Waals surface area contributed by atoms with Crippen molar-refractivity contribution in [1.29, 1.82) is 0 Å². The molecule has 2 rings (SSSR count). The van der Waals surface area contributed by atoms with Crippen LogP contribution >= 0.6 is 11.3 Å². The predicted molar refractivity (Wildman–Crippen MR) is 73.6 cm³/mol. The Labute approximate surface area is 108 Å². The van der Waals surface area contributed by atoms with Crippen molar-refractivity contribution in [3.63, 3.8) is 0 Å². The Morgan fingerprint density at radius 3 is 2.88 bits per heavy atom. The number of hydrogen-bond donors (Lipinski definition) is 1. The number of nitrogens with one attached hydrogen (secondary N) is 1. The van der Waals surface area contributed by atoms with Crippen LogP contribution in [0.15, 0.2) is 16.8 Å². The summed E-state index contributed by atoms with van der Waals surface area (Å²) in [6.07, 6.45) is 5.45. The Balaban J connectivity index is 1.85. The van der Waals surface area contributed by atoms with Gasteiger partial charge in [0.1, 0.15) is 0 Å². The van der Waals surface area contributed by atoms with Gasteiger partial charge >= 0.3 is 0 Å². The summed E-state index contributed by atoms with van der Waals surface area (Å²) < 4.78 is 5.93. The minimum atomic E-state index is 0.420. The van der Waals surface area contributed by atoms with Crippen LogP contribution < -0.4 is 5.32 Å². The van der Waals surface area contributed by atoms with Gasteiger partial charge in [0, 0.05) is 12.6 Å². The molecule has 0 bridgehead atoms. The number of aryl methyl sites for hydroxylation is 1. The topological polar surface area (TPSA) is 21.3 Å². The molecule has 1 N–H and O–H groups in total. The van der Waals surface area contributed by atoms with Gasteiger partial charge in [-0.3, -0.25) is 0 Å². The molecule has 0 aromatic carbocycles. The predicted octanol–water partition coefficient (Wildman–Crippen LogP) is 3.08. The highest BCUT2D eigenvalue weighted by Crippen LogP contribution is 2.36. The van der Waals surface area contributed by atoms with Crippen LogP contribution in [0.2, 0.25) is 0 Å². The summed E-state index contributed by atoms with van der Waals surface area (Å²) in [6, 6.07) is 2.73. The molecule has 0 saturated heterocycles. The van der Waals surface area contributed by atoms with Crippen LogP contribution in [0.25, 0.3) is 0 Å². The second kappa shape index (κ2) is 6.53. The van der Waals surface area contributed by atoms with Crippen molar-refractivity contribution in [2.45, 2.75) is 44.8 Å². The molecule has 96 valence electrons. The van der Waals surface area contributed by atoms with E-state index in [9.17, 15) is 0 Å². The molecule has 2 unspecified atom stereocenters. The van der Waals surface area contributed by atoms with E-state index in [0.717, 1.165) is 18.9 Å². The zero-order chi connectivity index (χ0) is 12.1. The standard InChI is InChI=1S/C14H23NOS/c1-3-16-14(12-5-6-12)13(15-2)7-4-11-8-9-17-10-11/h8-10,12-15H,3-7H2,1-2H3. The molecule has 0 amide bonds. The minimum absolute atomic E-state index is 0.420. The van der Waals surface area contributed by atoms with E-state index < -0.39 is 0 Å². The molecule has 1 aliphatic carbocycles. The number of thiophene rings is 1. The smallest absolute Gasteiger partial charge is 0.0755 e. The first-order valence-electron chi connectivity index (χ1n) is 6.65. The average Bonchev–Trinajstić information content (AvgIpc) is 3.05. The molecular weight excluding hydrogens is 230 g/mol. The van der Waals surface area contributed by atoms with Gasteiger partial charge in [0.15, 0.2) is 0 Å². The Bertz CT molecular complexity index is 308. The lowest BCUT2D eigenvalue weighted by atomic mass is 9.99. The fraction of sp³-hybridized carbons (Fsp3) is 0.714. The van der Waals surface area contributed by atoms with Crippen molar-refractivity contribution in [2.24, 2.45) is 5.92 Å². The highest BCUT2D eigenvalue weighted by molar-refractivity contribution is 7.07. The molecule has 1 fully saturated rings. The van der Waals surface area contributed by atoms with E-state index >= 15 is 0 Å². The molecule has 1 heterocycles. The SMILES string of the molecule is CCOC(C1CC1)C(CCc1ccsc1)NC. The summed E-state index contributed by atoms with van der Waals surface area (Å²) in [5.74, 6) is 0.801. The number of likely N-dealkylation sites (N-methyl/N-ethyl adjacent to an activating group) is 1. The quantitative estimate of drug-likeness (QED) is 0.769. The van der Waals surface area contributed by atoms with Crippen molar-refractivity contribution < 1.29 is 4.74 Å². The number of hydrogen-bond acceptors (Lipinski definition) is 3. The summed E-state index contributed by atoms with van der Waals surface area (Å²) in [6.45, 7) is 2.93. The van der Waals surface area contributed by atoms with E-state index in [1.807, 2.05) is 0 Å². The maximum Gasteiger partial charge on any atom is 0.0755 e. The number of rotatable bonds is 8. The van der Waals surface area contributed by atoms with Crippen LogP contribution in [0.3, 0.4) is 0 Å². The second-order valence-electron chi connectivity index (χ2n) is 4.82. The molecule has 0 spiro atoms. The van der Waals surface area contributed by atoms with Crippen molar-refractivity contribution in [1.82, 2.24) is 5.32 Å². The van der Waals surface area contributed by atoms with Gasteiger partial charge in [-0.25, -0.2) is 0 Å². The lowest BCUT2D eigenvalue weighted by molar-refractivity contribution is 0.0190. The first-order chi connectivity index (χ1) is 8.35. The summed E-state index contributed by atoms with van der Waals surface area (Å²) in [7, 11) is 2.06. The van der Waals surface area contributed by atoms with Gasteiger partial charge in [-0.15, -0.1) is 0 Å². The Morgan fingerprint density at radius 2 is 2.35 bits per heavy atom. The Morgan fingerprint density at radius 1 is 1.53 bits per heavy atom. The third kappa shape index (κ3) is 3.80. The molecular formula is C14H23NOS. The van der Waals surface area contributed by atoms with Gasteiger partial charge in [0.05, 0.1) is 6.10 Å². The van der Waals surface area contributed by atoms with Gasteiger partial charge in [-0.2, -0.15) is 11.3 Å². The fourth-order valence-electron chi connectivity index (χ4n) is 2.43. The summed E-state index contributed by atoms with van der Waals surface area (Å²) in [5, 5.41) is 7.86. The third-order valence-electron chi connectivity index (χ3n) is 3.54. The van der Waals surface area contributed by atoms with E-state index in [1.165, 1.54) is 24.8 Å². The van der Waals surface area contributed by atoms with E-state index in [-0.39, 0.29) is 0 Å². The summed E-state index contributed by atoms with van der Waals surface area (Å²) >= 11 is 1.78. The van der Waals surface area contributed by atoms with Gasteiger partial charge < -0.3 is 10.1 Å².